The van der Waals surface area contributed by atoms with Crippen molar-refractivity contribution in [1.82, 2.24) is 14.5 Å². The van der Waals surface area contributed by atoms with E-state index in [4.69, 9.17) is 14.7 Å². The summed E-state index contributed by atoms with van der Waals surface area (Å²) in [5, 5.41) is 18.3. The van der Waals surface area contributed by atoms with Gasteiger partial charge in [-0.25, -0.2) is 27.9 Å². The van der Waals surface area contributed by atoms with E-state index in [1.165, 1.54) is 36.4 Å². The molecule has 0 aliphatic carbocycles. The van der Waals surface area contributed by atoms with Crippen LogP contribution in [0.3, 0.4) is 0 Å². The number of halogens is 3. The average molecular weight is 587 g/mol. The quantitative estimate of drug-likeness (QED) is 0.205. The second-order valence-electron chi connectivity index (χ2n) is 9.86. The van der Waals surface area contributed by atoms with Crippen molar-refractivity contribution in [2.45, 2.75) is 32.6 Å². The molecule has 1 N–H and O–H groups in total. The minimum absolute atomic E-state index is 0.0463. The van der Waals surface area contributed by atoms with Gasteiger partial charge in [-0.3, -0.25) is 0 Å². The molecule has 0 aliphatic heterocycles. The molecule has 3 aromatic carbocycles. The summed E-state index contributed by atoms with van der Waals surface area (Å²) in [7, 11) is 1.54. The second kappa shape index (κ2) is 12.3. The molecule has 0 fully saturated rings. The van der Waals surface area contributed by atoms with Crippen LogP contribution in [0.1, 0.15) is 39.8 Å². The maximum absolute atomic E-state index is 15.4. The fourth-order valence-corrected chi connectivity index (χ4v) is 4.60. The van der Waals surface area contributed by atoms with Crippen LogP contribution in [-0.2, 0) is 24.3 Å². The summed E-state index contributed by atoms with van der Waals surface area (Å²) in [6.45, 7) is 1.97. The lowest BCUT2D eigenvalue weighted by molar-refractivity contribution is 0.0697. The predicted octanol–water partition coefficient (Wildman–Crippen LogP) is 6.29. The number of imidazole rings is 1. The minimum atomic E-state index is -1.09. The Morgan fingerprint density at radius 1 is 1.00 bits per heavy atom. The van der Waals surface area contributed by atoms with Gasteiger partial charge in [-0.05, 0) is 61.0 Å². The van der Waals surface area contributed by atoms with Crippen LogP contribution in [0, 0.1) is 28.8 Å². The Hall–Kier alpha value is -5.21. The number of hydrogen-bond donors (Lipinski definition) is 1. The fraction of sp³-hybridized carbons (Fsp3) is 0.188. The smallest absolute Gasteiger partial charge is 0.335 e. The van der Waals surface area contributed by atoms with E-state index in [1.807, 2.05) is 13.0 Å². The Kier molecular flexibility index (Phi) is 8.41. The molecule has 2 heterocycles. The van der Waals surface area contributed by atoms with Gasteiger partial charge in [0.1, 0.15) is 29.9 Å². The number of pyridine rings is 1. The molecule has 0 spiro atoms. The van der Waals surface area contributed by atoms with E-state index in [0.717, 1.165) is 18.2 Å². The summed E-state index contributed by atoms with van der Waals surface area (Å²) in [5.41, 5.74) is 1.58. The van der Waals surface area contributed by atoms with Gasteiger partial charge in [0.05, 0.1) is 46.6 Å². The van der Waals surface area contributed by atoms with Crippen LogP contribution in [-0.4, -0.2) is 38.8 Å². The van der Waals surface area contributed by atoms with E-state index in [2.05, 4.69) is 9.97 Å². The summed E-state index contributed by atoms with van der Waals surface area (Å²) in [4.78, 5) is 20.4. The van der Waals surface area contributed by atoms with Crippen molar-refractivity contribution in [3.63, 3.8) is 0 Å². The highest BCUT2D eigenvalue weighted by Crippen LogP contribution is 2.28. The lowest BCUT2D eigenvalue weighted by Crippen LogP contribution is -2.17. The van der Waals surface area contributed by atoms with Gasteiger partial charge in [0.15, 0.2) is 0 Å². The molecule has 5 rings (SSSR count). The maximum atomic E-state index is 15.4. The standard InChI is InChI=1S/C32H25F3N4O4/c1-18(42-2)16-39-29-12-20(32(40)41)8-9-28(29)37-30(39)13-22-11-26(35)23(14-25(22)34)27-4-3-5-31(38-27)43-17-21-7-6-19(15-36)10-24(21)33/h3-12,14,18H,13,16-17H2,1-2H3,(H,40,41). The molecule has 43 heavy (non-hydrogen) atoms. The number of hydrogen-bond acceptors (Lipinski definition) is 6. The molecule has 2 aromatic heterocycles. The van der Waals surface area contributed by atoms with Crippen LogP contribution in [0.4, 0.5) is 13.2 Å². The van der Waals surface area contributed by atoms with Gasteiger partial charge in [0, 0.05) is 30.7 Å². The SMILES string of the molecule is COC(C)Cn1c(Cc2cc(F)c(-c3cccc(OCc4ccc(C#N)cc4F)n3)cc2F)nc2ccc(C(=O)O)cc21. The molecule has 0 aliphatic rings. The van der Waals surface area contributed by atoms with Gasteiger partial charge in [0.2, 0.25) is 5.88 Å². The molecule has 218 valence electrons. The molecule has 0 saturated carbocycles. The zero-order valence-corrected chi connectivity index (χ0v) is 23.1. The number of carbonyl (C=O) groups is 1. The molecule has 8 nitrogen and oxygen atoms in total. The number of carboxylic acid groups (broad SMARTS) is 1. The van der Waals surface area contributed by atoms with Crippen molar-refractivity contribution in [2.24, 2.45) is 0 Å². The summed E-state index contributed by atoms with van der Waals surface area (Å²) >= 11 is 0. The lowest BCUT2D eigenvalue weighted by Gasteiger charge is -2.15. The first kappa shape index (κ1) is 29.3. The number of benzene rings is 3. The average Bonchev–Trinajstić information content (AvgIpc) is 3.33. The Bertz CT molecular complexity index is 1880. The monoisotopic (exact) mass is 586 g/mol. The van der Waals surface area contributed by atoms with Gasteiger partial charge >= 0.3 is 5.97 Å². The largest absolute Gasteiger partial charge is 0.478 e. The number of rotatable bonds is 10. The first-order valence-corrected chi connectivity index (χ1v) is 13.2. The lowest BCUT2D eigenvalue weighted by atomic mass is 10.0. The van der Waals surface area contributed by atoms with Crippen LogP contribution in [0.15, 0.2) is 66.7 Å². The van der Waals surface area contributed by atoms with Crippen LogP contribution in [0.2, 0.25) is 0 Å². The van der Waals surface area contributed by atoms with Gasteiger partial charge in [0.25, 0.3) is 0 Å². The number of carboxylic acids is 1. The zero-order valence-electron chi connectivity index (χ0n) is 23.1. The summed E-state index contributed by atoms with van der Waals surface area (Å²) in [5.74, 6) is -2.62. The molecule has 1 unspecified atom stereocenters. The third kappa shape index (κ3) is 6.34. The van der Waals surface area contributed by atoms with Crippen molar-refractivity contribution in [1.29, 1.82) is 5.26 Å². The highest BCUT2D eigenvalue weighted by molar-refractivity contribution is 5.92. The molecular formula is C32H25F3N4O4. The number of aromatic carboxylic acids is 1. The molecule has 0 bridgehead atoms. The van der Waals surface area contributed by atoms with Gasteiger partial charge in [-0.1, -0.05) is 12.1 Å². The van der Waals surface area contributed by atoms with E-state index in [-0.39, 0.29) is 58.5 Å². The van der Waals surface area contributed by atoms with Crippen molar-refractivity contribution in [3.8, 4) is 23.2 Å². The summed E-state index contributed by atoms with van der Waals surface area (Å²) in [6.07, 6.45) is -0.328. The topological polar surface area (TPSA) is 110 Å². The molecule has 5 aromatic rings. The zero-order chi connectivity index (χ0) is 30.7. The highest BCUT2D eigenvalue weighted by atomic mass is 19.1. The van der Waals surface area contributed by atoms with Crippen molar-refractivity contribution in [2.75, 3.05) is 7.11 Å². The molecule has 1 atom stereocenters. The normalized spacial score (nSPS) is 11.8. The maximum Gasteiger partial charge on any atom is 0.335 e. The summed E-state index contributed by atoms with van der Waals surface area (Å²) in [6, 6.07) is 17.1. The van der Waals surface area contributed by atoms with E-state index < -0.39 is 23.4 Å². The fourth-order valence-electron chi connectivity index (χ4n) is 4.60. The molecule has 0 amide bonds. The number of fused-ring (bicyclic) bond motifs is 1. The molecular weight excluding hydrogens is 561 g/mol. The van der Waals surface area contributed by atoms with E-state index in [9.17, 15) is 14.3 Å². The van der Waals surface area contributed by atoms with E-state index in [1.54, 1.807) is 23.8 Å². The summed E-state index contributed by atoms with van der Waals surface area (Å²) < 4.78 is 57.8. The predicted molar refractivity (Wildman–Crippen MR) is 151 cm³/mol. The second-order valence-corrected chi connectivity index (χ2v) is 9.86. The van der Waals surface area contributed by atoms with Crippen LogP contribution in [0.5, 0.6) is 5.88 Å². The van der Waals surface area contributed by atoms with Gasteiger partial charge in [-0.15, -0.1) is 0 Å². The van der Waals surface area contributed by atoms with E-state index >= 15 is 8.78 Å². The number of ether oxygens (including phenoxy) is 2. The first-order valence-electron chi connectivity index (χ1n) is 13.2. The Morgan fingerprint density at radius 2 is 1.79 bits per heavy atom. The Labute approximate surface area is 244 Å². The number of nitriles is 1. The van der Waals surface area contributed by atoms with Crippen molar-refractivity contribution < 1.29 is 32.5 Å². The van der Waals surface area contributed by atoms with Crippen LogP contribution < -0.4 is 4.74 Å². The third-order valence-corrected chi connectivity index (χ3v) is 6.96. The molecule has 0 radical (unpaired) electrons. The van der Waals surface area contributed by atoms with Crippen LogP contribution >= 0.6 is 0 Å². The van der Waals surface area contributed by atoms with Crippen molar-refractivity contribution in [3.05, 3.63) is 112 Å². The molecule has 0 saturated heterocycles. The van der Waals surface area contributed by atoms with Gasteiger partial charge in [-0.2, -0.15) is 5.26 Å². The van der Waals surface area contributed by atoms with Crippen molar-refractivity contribution >= 4 is 17.0 Å². The van der Waals surface area contributed by atoms with Gasteiger partial charge < -0.3 is 19.1 Å². The number of methoxy groups -OCH3 is 1. The molecule has 11 heteroatoms. The highest BCUT2D eigenvalue weighted by Gasteiger charge is 2.19. The Balaban J connectivity index is 1.42. The first-order chi connectivity index (χ1) is 20.7. The number of nitrogens with zero attached hydrogens (tertiary/aromatic N) is 4. The number of aromatic nitrogens is 3. The third-order valence-electron chi connectivity index (χ3n) is 6.96. The minimum Gasteiger partial charge on any atom is -0.478 e. The van der Waals surface area contributed by atoms with E-state index in [0.29, 0.717) is 23.4 Å². The Morgan fingerprint density at radius 3 is 2.51 bits per heavy atom. The van der Waals surface area contributed by atoms with Crippen LogP contribution in [0.25, 0.3) is 22.3 Å².